The largest absolute Gasteiger partial charge is 0.465 e. The van der Waals surface area contributed by atoms with E-state index in [1.165, 1.54) is 12.7 Å². The van der Waals surface area contributed by atoms with E-state index in [9.17, 15) is 4.79 Å². The lowest BCUT2D eigenvalue weighted by molar-refractivity contribution is 0.0600. The van der Waals surface area contributed by atoms with Crippen LogP contribution in [0.25, 0.3) is 0 Å². The molecule has 0 radical (unpaired) electrons. The van der Waals surface area contributed by atoms with Gasteiger partial charge in [0.05, 0.1) is 12.7 Å². The first-order valence-corrected chi connectivity index (χ1v) is 7.12. The number of ether oxygens (including phenoxy) is 1. The number of esters is 1. The molecule has 0 unspecified atom stereocenters. The Labute approximate surface area is 122 Å². The molecule has 4 nitrogen and oxygen atoms in total. The molecule has 0 bridgehead atoms. The summed E-state index contributed by atoms with van der Waals surface area (Å²) in [5, 5.41) is 3.42. The number of methoxy groups -OCH3 is 1. The van der Waals surface area contributed by atoms with Crippen LogP contribution in [0.1, 0.15) is 36.2 Å². The number of benzene rings is 1. The maximum atomic E-state index is 11.3. The Morgan fingerprint density at radius 2 is 1.95 bits per heavy atom. The molecule has 0 aromatic heterocycles. The van der Waals surface area contributed by atoms with Gasteiger partial charge in [-0.05, 0) is 58.1 Å². The third-order valence-electron chi connectivity index (χ3n) is 3.45. The van der Waals surface area contributed by atoms with Crippen molar-refractivity contribution in [2.75, 3.05) is 27.2 Å². The molecule has 1 aromatic carbocycles. The highest BCUT2D eigenvalue weighted by atomic mass is 16.5. The van der Waals surface area contributed by atoms with Crippen molar-refractivity contribution < 1.29 is 9.53 Å². The second-order valence-corrected chi connectivity index (χ2v) is 5.29. The molecule has 20 heavy (non-hydrogen) atoms. The van der Waals surface area contributed by atoms with E-state index in [-0.39, 0.29) is 5.97 Å². The molecule has 0 saturated carbocycles. The third-order valence-corrected chi connectivity index (χ3v) is 3.45. The summed E-state index contributed by atoms with van der Waals surface area (Å²) < 4.78 is 4.67. The van der Waals surface area contributed by atoms with E-state index in [4.69, 9.17) is 0 Å². The Morgan fingerprint density at radius 3 is 2.50 bits per heavy atom. The number of carbonyl (C=O) groups excluding carboxylic acids is 1. The van der Waals surface area contributed by atoms with Crippen molar-refractivity contribution in [3.8, 4) is 0 Å². The summed E-state index contributed by atoms with van der Waals surface area (Å²) in [6.07, 6.45) is 1.13. The molecule has 1 rings (SSSR count). The zero-order chi connectivity index (χ0) is 15.0. The minimum Gasteiger partial charge on any atom is -0.465 e. The van der Waals surface area contributed by atoms with Gasteiger partial charge in [-0.3, -0.25) is 0 Å². The SMILES string of the molecule is COC(=O)c1ccc(CNCCCN(C)C(C)C)cc1. The summed E-state index contributed by atoms with van der Waals surface area (Å²) in [4.78, 5) is 13.6. The number of hydrogen-bond donors (Lipinski definition) is 1. The van der Waals surface area contributed by atoms with E-state index in [0.29, 0.717) is 11.6 Å². The lowest BCUT2D eigenvalue weighted by Crippen LogP contribution is -2.29. The van der Waals surface area contributed by atoms with E-state index >= 15 is 0 Å². The Bertz CT molecular complexity index is 401. The molecule has 0 aliphatic heterocycles. The van der Waals surface area contributed by atoms with Crippen LogP contribution in [0.2, 0.25) is 0 Å². The summed E-state index contributed by atoms with van der Waals surface area (Å²) in [5.74, 6) is -0.291. The fourth-order valence-electron chi connectivity index (χ4n) is 1.82. The first-order valence-electron chi connectivity index (χ1n) is 7.12. The van der Waals surface area contributed by atoms with Gasteiger partial charge in [-0.25, -0.2) is 4.79 Å². The standard InChI is InChI=1S/C16H26N2O2/c1-13(2)18(3)11-5-10-17-12-14-6-8-15(9-7-14)16(19)20-4/h6-9,13,17H,5,10-12H2,1-4H3. The van der Waals surface area contributed by atoms with Crippen molar-refractivity contribution >= 4 is 5.97 Å². The zero-order valence-electron chi connectivity index (χ0n) is 13.0. The molecule has 0 aliphatic carbocycles. The molecular weight excluding hydrogens is 252 g/mol. The van der Waals surface area contributed by atoms with Crippen LogP contribution in [0.5, 0.6) is 0 Å². The normalized spacial score (nSPS) is 11.1. The van der Waals surface area contributed by atoms with Crippen LogP contribution >= 0.6 is 0 Å². The highest BCUT2D eigenvalue weighted by molar-refractivity contribution is 5.89. The summed E-state index contributed by atoms with van der Waals surface area (Å²) in [5.41, 5.74) is 1.77. The molecule has 1 aromatic rings. The molecule has 0 amide bonds. The van der Waals surface area contributed by atoms with E-state index in [0.717, 1.165) is 26.1 Å². The fourth-order valence-corrected chi connectivity index (χ4v) is 1.82. The van der Waals surface area contributed by atoms with Gasteiger partial charge in [0.15, 0.2) is 0 Å². The Hall–Kier alpha value is -1.39. The lowest BCUT2D eigenvalue weighted by atomic mass is 10.1. The molecule has 112 valence electrons. The first kappa shape index (κ1) is 16.7. The van der Waals surface area contributed by atoms with Crippen LogP contribution in [0.15, 0.2) is 24.3 Å². The molecule has 4 heteroatoms. The average Bonchev–Trinajstić information content (AvgIpc) is 2.46. The molecule has 0 aliphatic rings. The highest BCUT2D eigenvalue weighted by Gasteiger charge is 2.04. The van der Waals surface area contributed by atoms with Crippen LogP contribution in [0.3, 0.4) is 0 Å². The molecule has 0 heterocycles. The third kappa shape index (κ3) is 5.72. The maximum absolute atomic E-state index is 11.3. The first-order chi connectivity index (χ1) is 9.54. The number of nitrogens with one attached hydrogen (secondary N) is 1. The molecule has 0 spiro atoms. The second-order valence-electron chi connectivity index (χ2n) is 5.29. The quantitative estimate of drug-likeness (QED) is 0.585. The molecular formula is C16H26N2O2. The predicted molar refractivity (Wildman–Crippen MR) is 81.9 cm³/mol. The van der Waals surface area contributed by atoms with Gasteiger partial charge in [-0.15, -0.1) is 0 Å². The van der Waals surface area contributed by atoms with Gasteiger partial charge in [0.25, 0.3) is 0 Å². The Balaban J connectivity index is 2.24. The van der Waals surface area contributed by atoms with Gasteiger partial charge in [-0.2, -0.15) is 0 Å². The molecule has 0 fully saturated rings. The van der Waals surface area contributed by atoms with Gasteiger partial charge in [0.2, 0.25) is 0 Å². The van der Waals surface area contributed by atoms with Crippen molar-refractivity contribution in [2.24, 2.45) is 0 Å². The van der Waals surface area contributed by atoms with Crippen molar-refractivity contribution in [2.45, 2.75) is 32.9 Å². The zero-order valence-corrected chi connectivity index (χ0v) is 13.0. The van der Waals surface area contributed by atoms with Gasteiger partial charge in [0, 0.05) is 12.6 Å². The number of nitrogens with zero attached hydrogens (tertiary/aromatic N) is 1. The number of hydrogen-bond acceptors (Lipinski definition) is 4. The van der Waals surface area contributed by atoms with Crippen molar-refractivity contribution in [3.63, 3.8) is 0 Å². The lowest BCUT2D eigenvalue weighted by Gasteiger charge is -2.20. The second kappa shape index (κ2) is 8.72. The summed E-state index contributed by atoms with van der Waals surface area (Å²) in [7, 11) is 3.54. The smallest absolute Gasteiger partial charge is 0.337 e. The summed E-state index contributed by atoms with van der Waals surface area (Å²) >= 11 is 0. The van der Waals surface area contributed by atoms with Crippen LogP contribution in [0.4, 0.5) is 0 Å². The predicted octanol–water partition coefficient (Wildman–Crippen LogP) is 2.29. The summed E-state index contributed by atoms with van der Waals surface area (Å²) in [6, 6.07) is 8.12. The fraction of sp³-hybridized carbons (Fsp3) is 0.562. The van der Waals surface area contributed by atoms with Gasteiger partial charge >= 0.3 is 5.97 Å². The van der Waals surface area contributed by atoms with E-state index in [2.05, 4.69) is 35.8 Å². The van der Waals surface area contributed by atoms with Gasteiger partial charge in [-0.1, -0.05) is 12.1 Å². The molecule has 1 N–H and O–H groups in total. The monoisotopic (exact) mass is 278 g/mol. The number of carbonyl (C=O) groups is 1. The van der Waals surface area contributed by atoms with Crippen molar-refractivity contribution in [1.29, 1.82) is 0 Å². The Morgan fingerprint density at radius 1 is 1.30 bits per heavy atom. The average molecular weight is 278 g/mol. The molecule has 0 atom stereocenters. The summed E-state index contributed by atoms with van der Waals surface area (Å²) in [6.45, 7) is 7.33. The minimum atomic E-state index is -0.291. The van der Waals surface area contributed by atoms with Crippen molar-refractivity contribution in [3.05, 3.63) is 35.4 Å². The highest BCUT2D eigenvalue weighted by Crippen LogP contribution is 2.05. The van der Waals surface area contributed by atoms with Crippen LogP contribution in [-0.4, -0.2) is 44.2 Å². The van der Waals surface area contributed by atoms with Crippen LogP contribution < -0.4 is 5.32 Å². The van der Waals surface area contributed by atoms with Gasteiger partial charge in [0.1, 0.15) is 0 Å². The Kier molecular flexibility index (Phi) is 7.26. The van der Waals surface area contributed by atoms with E-state index in [1.54, 1.807) is 12.1 Å². The van der Waals surface area contributed by atoms with Gasteiger partial charge < -0.3 is 15.0 Å². The molecule has 0 saturated heterocycles. The van der Waals surface area contributed by atoms with E-state index < -0.39 is 0 Å². The number of rotatable bonds is 8. The maximum Gasteiger partial charge on any atom is 0.337 e. The van der Waals surface area contributed by atoms with Crippen LogP contribution in [0, 0.1) is 0 Å². The van der Waals surface area contributed by atoms with Crippen molar-refractivity contribution in [1.82, 2.24) is 10.2 Å². The minimum absolute atomic E-state index is 0.291. The van der Waals surface area contributed by atoms with E-state index in [1.807, 2.05) is 12.1 Å². The van der Waals surface area contributed by atoms with Crippen LogP contribution in [-0.2, 0) is 11.3 Å². The topological polar surface area (TPSA) is 41.6 Å².